The zero-order chi connectivity index (χ0) is 12.3. The lowest BCUT2D eigenvalue weighted by molar-refractivity contribution is 0.0916. The van der Waals surface area contributed by atoms with Gasteiger partial charge in [0, 0.05) is 6.20 Å². The van der Waals surface area contributed by atoms with Gasteiger partial charge in [0.1, 0.15) is 0 Å². The second-order valence-corrected chi connectivity index (χ2v) is 3.85. The van der Waals surface area contributed by atoms with Crippen LogP contribution in [0.25, 0.3) is 5.52 Å². The Balaban J connectivity index is 2.25. The number of rotatable bonds is 4. The number of aromatic nitrogens is 2. The van der Waals surface area contributed by atoms with Crippen LogP contribution in [0.1, 0.15) is 23.7 Å². The first-order valence-electron chi connectivity index (χ1n) is 5.60. The zero-order valence-corrected chi connectivity index (χ0v) is 9.63. The van der Waals surface area contributed by atoms with Gasteiger partial charge >= 0.3 is 0 Å². The van der Waals surface area contributed by atoms with Gasteiger partial charge in [-0.2, -0.15) is 5.10 Å². The summed E-state index contributed by atoms with van der Waals surface area (Å²) in [6.07, 6.45) is 4.02. The molecule has 2 aromatic rings. The molecule has 2 heterocycles. The first-order valence-corrected chi connectivity index (χ1v) is 5.60. The van der Waals surface area contributed by atoms with E-state index in [-0.39, 0.29) is 18.6 Å². The number of hydrogen-bond donors (Lipinski definition) is 2. The van der Waals surface area contributed by atoms with Crippen LogP contribution in [0.15, 0.2) is 30.6 Å². The van der Waals surface area contributed by atoms with E-state index >= 15 is 0 Å². The summed E-state index contributed by atoms with van der Waals surface area (Å²) in [5.41, 5.74) is 1.29. The molecule has 0 aliphatic carbocycles. The Morgan fingerprint density at radius 1 is 1.59 bits per heavy atom. The van der Waals surface area contributed by atoms with Crippen LogP contribution in [0.3, 0.4) is 0 Å². The second kappa shape index (κ2) is 4.97. The Labute approximate surface area is 99.1 Å². The van der Waals surface area contributed by atoms with Crippen LogP contribution in [0.4, 0.5) is 0 Å². The van der Waals surface area contributed by atoms with Crippen LogP contribution in [0.5, 0.6) is 0 Å². The van der Waals surface area contributed by atoms with Crippen molar-refractivity contribution in [2.45, 2.75) is 19.4 Å². The van der Waals surface area contributed by atoms with Crippen molar-refractivity contribution in [2.24, 2.45) is 0 Å². The number of hydrogen-bond acceptors (Lipinski definition) is 3. The molecule has 0 fully saturated rings. The van der Waals surface area contributed by atoms with E-state index in [1.807, 2.05) is 25.1 Å². The Morgan fingerprint density at radius 2 is 2.41 bits per heavy atom. The molecule has 2 aromatic heterocycles. The van der Waals surface area contributed by atoms with Gasteiger partial charge in [-0.15, -0.1) is 0 Å². The number of aliphatic hydroxyl groups excluding tert-OH is 1. The summed E-state index contributed by atoms with van der Waals surface area (Å²) in [6.45, 7) is 1.86. The highest BCUT2D eigenvalue weighted by Gasteiger charge is 2.15. The number of aliphatic hydroxyl groups is 1. The minimum atomic E-state index is -0.207. The van der Waals surface area contributed by atoms with Crippen LogP contribution in [-0.2, 0) is 0 Å². The molecule has 0 radical (unpaired) electrons. The molecule has 2 rings (SSSR count). The topological polar surface area (TPSA) is 66.6 Å². The average Bonchev–Trinajstić information content (AvgIpc) is 2.79. The number of fused-ring (bicyclic) bond motifs is 1. The molecule has 17 heavy (non-hydrogen) atoms. The van der Waals surface area contributed by atoms with E-state index < -0.39 is 0 Å². The van der Waals surface area contributed by atoms with Crippen LogP contribution < -0.4 is 5.32 Å². The molecule has 0 aliphatic rings. The number of carbonyl (C=O) groups excluding carboxylic acids is 1. The Hall–Kier alpha value is -1.88. The SMILES string of the molecule is CCC(CO)NC(=O)c1cnn2ccccc12. The van der Waals surface area contributed by atoms with E-state index in [1.54, 1.807) is 10.7 Å². The first-order chi connectivity index (χ1) is 8.26. The summed E-state index contributed by atoms with van der Waals surface area (Å²) in [5, 5.41) is 15.9. The van der Waals surface area contributed by atoms with Crippen molar-refractivity contribution in [3.8, 4) is 0 Å². The van der Waals surface area contributed by atoms with Gasteiger partial charge in [0.05, 0.1) is 29.9 Å². The molecule has 1 unspecified atom stereocenters. The lowest BCUT2D eigenvalue weighted by Crippen LogP contribution is -2.36. The van der Waals surface area contributed by atoms with Gasteiger partial charge in [0.25, 0.3) is 5.91 Å². The lowest BCUT2D eigenvalue weighted by atomic mass is 10.2. The third-order valence-electron chi connectivity index (χ3n) is 2.72. The standard InChI is InChI=1S/C12H15N3O2/c1-2-9(8-16)14-12(17)10-7-13-15-6-4-3-5-11(10)15/h3-7,9,16H,2,8H2,1H3,(H,14,17). The van der Waals surface area contributed by atoms with E-state index in [4.69, 9.17) is 5.11 Å². The molecule has 5 nitrogen and oxygen atoms in total. The van der Waals surface area contributed by atoms with Gasteiger partial charge in [0.2, 0.25) is 0 Å². The van der Waals surface area contributed by atoms with Crippen molar-refractivity contribution in [1.82, 2.24) is 14.9 Å². The van der Waals surface area contributed by atoms with Gasteiger partial charge in [0.15, 0.2) is 0 Å². The van der Waals surface area contributed by atoms with E-state index in [0.29, 0.717) is 12.0 Å². The van der Waals surface area contributed by atoms with E-state index in [9.17, 15) is 4.79 Å². The maximum atomic E-state index is 12.0. The highest BCUT2D eigenvalue weighted by molar-refractivity contribution is 6.00. The fraction of sp³-hybridized carbons (Fsp3) is 0.333. The van der Waals surface area contributed by atoms with Crippen molar-refractivity contribution in [2.75, 3.05) is 6.61 Å². The number of nitrogens with one attached hydrogen (secondary N) is 1. The Morgan fingerprint density at radius 3 is 3.12 bits per heavy atom. The van der Waals surface area contributed by atoms with Crippen molar-refractivity contribution in [1.29, 1.82) is 0 Å². The highest BCUT2D eigenvalue weighted by atomic mass is 16.3. The molecule has 0 spiro atoms. The molecule has 1 atom stereocenters. The van der Waals surface area contributed by atoms with Crippen molar-refractivity contribution < 1.29 is 9.90 Å². The maximum Gasteiger partial charge on any atom is 0.255 e. The van der Waals surface area contributed by atoms with Gasteiger partial charge in [-0.3, -0.25) is 4.79 Å². The number of carbonyl (C=O) groups is 1. The van der Waals surface area contributed by atoms with E-state index in [1.165, 1.54) is 6.20 Å². The summed E-state index contributed by atoms with van der Waals surface area (Å²) in [7, 11) is 0. The molecule has 0 saturated heterocycles. The third-order valence-corrected chi connectivity index (χ3v) is 2.72. The predicted octanol–water partition coefficient (Wildman–Crippen LogP) is 0.835. The molecule has 1 amide bonds. The fourth-order valence-electron chi connectivity index (χ4n) is 1.65. The summed E-state index contributed by atoms with van der Waals surface area (Å²) < 4.78 is 1.65. The molecular weight excluding hydrogens is 218 g/mol. The molecule has 2 N–H and O–H groups in total. The summed E-state index contributed by atoms with van der Waals surface area (Å²) >= 11 is 0. The first kappa shape index (κ1) is 11.6. The summed E-state index contributed by atoms with van der Waals surface area (Å²) in [6, 6.07) is 5.34. The molecule has 0 bridgehead atoms. The molecule has 0 aliphatic heterocycles. The molecule has 0 aromatic carbocycles. The smallest absolute Gasteiger partial charge is 0.255 e. The van der Waals surface area contributed by atoms with E-state index in [2.05, 4.69) is 10.4 Å². The number of amides is 1. The minimum absolute atomic E-state index is 0.0541. The lowest BCUT2D eigenvalue weighted by Gasteiger charge is -2.13. The molecule has 5 heteroatoms. The van der Waals surface area contributed by atoms with Crippen molar-refractivity contribution in [3.63, 3.8) is 0 Å². The van der Waals surface area contributed by atoms with Crippen LogP contribution in [0, 0.1) is 0 Å². The Kier molecular flexibility index (Phi) is 3.39. The zero-order valence-electron chi connectivity index (χ0n) is 9.63. The van der Waals surface area contributed by atoms with Crippen molar-refractivity contribution >= 4 is 11.4 Å². The van der Waals surface area contributed by atoms with Crippen LogP contribution >= 0.6 is 0 Å². The molecular formula is C12H15N3O2. The van der Waals surface area contributed by atoms with Crippen molar-refractivity contribution in [3.05, 3.63) is 36.2 Å². The summed E-state index contributed by atoms with van der Waals surface area (Å²) in [5.74, 6) is -0.202. The highest BCUT2D eigenvalue weighted by Crippen LogP contribution is 2.10. The van der Waals surface area contributed by atoms with Crippen LogP contribution in [-0.4, -0.2) is 33.3 Å². The molecule has 0 saturated carbocycles. The fourth-order valence-corrected chi connectivity index (χ4v) is 1.65. The van der Waals surface area contributed by atoms with Crippen LogP contribution in [0.2, 0.25) is 0 Å². The number of pyridine rings is 1. The Bertz CT molecular complexity index is 517. The van der Waals surface area contributed by atoms with Gasteiger partial charge in [-0.25, -0.2) is 4.52 Å². The third kappa shape index (κ3) is 2.29. The predicted molar refractivity (Wildman–Crippen MR) is 63.8 cm³/mol. The second-order valence-electron chi connectivity index (χ2n) is 3.85. The monoisotopic (exact) mass is 233 g/mol. The van der Waals surface area contributed by atoms with Gasteiger partial charge < -0.3 is 10.4 Å². The summed E-state index contributed by atoms with van der Waals surface area (Å²) in [4.78, 5) is 12.0. The quantitative estimate of drug-likeness (QED) is 0.822. The van der Waals surface area contributed by atoms with E-state index in [0.717, 1.165) is 5.52 Å². The van der Waals surface area contributed by atoms with Gasteiger partial charge in [-0.1, -0.05) is 13.0 Å². The normalized spacial score (nSPS) is 12.6. The number of nitrogens with zero attached hydrogens (tertiary/aromatic N) is 2. The largest absolute Gasteiger partial charge is 0.394 e. The van der Waals surface area contributed by atoms with Gasteiger partial charge in [-0.05, 0) is 18.6 Å². The molecule has 90 valence electrons. The maximum absolute atomic E-state index is 12.0. The minimum Gasteiger partial charge on any atom is -0.394 e. The average molecular weight is 233 g/mol.